The van der Waals surface area contributed by atoms with Crippen molar-refractivity contribution in [2.45, 2.75) is 26.3 Å². The lowest BCUT2D eigenvalue weighted by atomic mass is 10.0. The van der Waals surface area contributed by atoms with E-state index in [-0.39, 0.29) is 24.0 Å². The molecule has 0 aliphatic rings. The van der Waals surface area contributed by atoms with Gasteiger partial charge in [0.05, 0.1) is 0 Å². The molecule has 1 aromatic heterocycles. The molecule has 150 valence electrons. The first-order chi connectivity index (χ1) is 13.8. The summed E-state index contributed by atoms with van der Waals surface area (Å²) in [7, 11) is 0. The van der Waals surface area contributed by atoms with Gasteiger partial charge in [-0.15, -0.1) is 5.10 Å². The van der Waals surface area contributed by atoms with Crippen molar-refractivity contribution in [3.63, 3.8) is 0 Å². The highest BCUT2D eigenvalue weighted by Gasteiger charge is 2.19. The van der Waals surface area contributed by atoms with Crippen LogP contribution >= 0.6 is 0 Å². The number of aromatic nitrogens is 3. The summed E-state index contributed by atoms with van der Waals surface area (Å²) in [5, 5.41) is 12.8. The first-order valence-electron chi connectivity index (χ1n) is 8.99. The Morgan fingerprint density at radius 1 is 1.03 bits per heavy atom. The number of carbonyl (C=O) groups is 2. The molecule has 0 aliphatic carbocycles. The Kier molecular flexibility index (Phi) is 5.87. The van der Waals surface area contributed by atoms with Gasteiger partial charge in [0.1, 0.15) is 12.4 Å². The van der Waals surface area contributed by atoms with Gasteiger partial charge in [-0.3, -0.25) is 9.59 Å². The summed E-state index contributed by atoms with van der Waals surface area (Å²) >= 11 is 0. The predicted octanol–water partition coefficient (Wildman–Crippen LogP) is 3.01. The van der Waals surface area contributed by atoms with Crippen LogP contribution in [0.15, 0.2) is 48.5 Å². The molecule has 2 aromatic carbocycles. The molecule has 0 unspecified atom stereocenters. The van der Waals surface area contributed by atoms with Gasteiger partial charge in [0.25, 0.3) is 5.91 Å². The lowest BCUT2D eigenvalue weighted by Crippen LogP contribution is -2.21. The summed E-state index contributed by atoms with van der Waals surface area (Å²) in [6.45, 7) is 3.98. The maximum Gasteiger partial charge on any atom is 0.280 e. The number of nitrogen functional groups attached to an aromatic ring is 1. The number of nitrogens with zero attached hydrogens (tertiary/aromatic N) is 3. The van der Waals surface area contributed by atoms with Crippen LogP contribution in [0, 0.1) is 5.82 Å². The van der Waals surface area contributed by atoms with Crippen LogP contribution < -0.4 is 16.4 Å². The Labute approximate surface area is 166 Å². The number of nitrogens with two attached hydrogens (primary N) is 1. The quantitative estimate of drug-likeness (QED) is 0.592. The Morgan fingerprint density at radius 2 is 1.62 bits per heavy atom. The molecule has 29 heavy (non-hydrogen) atoms. The summed E-state index contributed by atoms with van der Waals surface area (Å²) in [6, 6.07) is 12.8. The highest BCUT2D eigenvalue weighted by atomic mass is 19.1. The summed E-state index contributed by atoms with van der Waals surface area (Å²) in [5.41, 5.74) is 7.99. The first-order valence-corrected chi connectivity index (χ1v) is 8.99. The minimum absolute atomic E-state index is 0.0464. The van der Waals surface area contributed by atoms with Crippen molar-refractivity contribution in [3.05, 3.63) is 65.6 Å². The van der Waals surface area contributed by atoms with Gasteiger partial charge in [-0.25, -0.2) is 9.07 Å². The molecule has 3 aromatic rings. The van der Waals surface area contributed by atoms with Gasteiger partial charge in [-0.05, 0) is 47.9 Å². The molecular formula is C20H21FN6O2. The SMILES string of the molecule is CC(C)c1ccc(NC(=O)Cn2nnc(C(=O)Nc3ccc(F)cc3)c2N)cc1. The molecule has 0 aliphatic heterocycles. The summed E-state index contributed by atoms with van der Waals surface area (Å²) in [5.74, 6) is -1.03. The molecule has 2 amide bonds. The number of benzene rings is 2. The summed E-state index contributed by atoms with van der Waals surface area (Å²) in [4.78, 5) is 24.6. The van der Waals surface area contributed by atoms with E-state index in [9.17, 15) is 14.0 Å². The second kappa shape index (κ2) is 8.51. The standard InChI is InChI=1S/C20H21FN6O2/c1-12(2)13-3-7-15(8-4-13)23-17(28)11-27-19(22)18(25-26-27)20(29)24-16-9-5-14(21)6-10-16/h3-10,12H,11,22H2,1-2H3,(H,23,28)(H,24,29). The maximum absolute atomic E-state index is 13.0. The lowest BCUT2D eigenvalue weighted by molar-refractivity contribution is -0.116. The normalized spacial score (nSPS) is 10.8. The van der Waals surface area contributed by atoms with Crippen molar-refractivity contribution in [1.82, 2.24) is 15.0 Å². The second-order valence-electron chi connectivity index (χ2n) is 6.77. The van der Waals surface area contributed by atoms with Crippen LogP contribution in [0.4, 0.5) is 21.6 Å². The number of nitrogens with one attached hydrogen (secondary N) is 2. The molecule has 1 heterocycles. The van der Waals surface area contributed by atoms with Crippen molar-refractivity contribution >= 4 is 29.0 Å². The largest absolute Gasteiger partial charge is 0.382 e. The Bertz CT molecular complexity index is 1010. The number of hydrogen-bond acceptors (Lipinski definition) is 5. The van der Waals surface area contributed by atoms with Crippen LogP contribution in [0.25, 0.3) is 0 Å². The maximum atomic E-state index is 13.0. The van der Waals surface area contributed by atoms with Crippen LogP contribution in [-0.2, 0) is 11.3 Å². The molecule has 4 N–H and O–H groups in total. The lowest BCUT2D eigenvalue weighted by Gasteiger charge is -2.09. The van der Waals surface area contributed by atoms with E-state index >= 15 is 0 Å². The molecule has 0 spiro atoms. The van der Waals surface area contributed by atoms with E-state index < -0.39 is 11.7 Å². The van der Waals surface area contributed by atoms with Crippen LogP contribution in [0.3, 0.4) is 0 Å². The van der Waals surface area contributed by atoms with Crippen molar-refractivity contribution in [3.8, 4) is 0 Å². The van der Waals surface area contributed by atoms with Gasteiger partial charge < -0.3 is 16.4 Å². The third-order valence-corrected chi connectivity index (χ3v) is 4.25. The van der Waals surface area contributed by atoms with Gasteiger partial charge in [-0.2, -0.15) is 0 Å². The van der Waals surface area contributed by atoms with Crippen LogP contribution in [0.1, 0.15) is 35.8 Å². The fraction of sp³-hybridized carbons (Fsp3) is 0.200. The van der Waals surface area contributed by atoms with Crippen molar-refractivity contribution < 1.29 is 14.0 Å². The number of amides is 2. The second-order valence-corrected chi connectivity index (χ2v) is 6.77. The highest BCUT2D eigenvalue weighted by Crippen LogP contribution is 2.17. The summed E-state index contributed by atoms with van der Waals surface area (Å²) in [6.07, 6.45) is 0. The molecule has 0 saturated heterocycles. The smallest absolute Gasteiger partial charge is 0.280 e. The predicted molar refractivity (Wildman–Crippen MR) is 108 cm³/mol. The van der Waals surface area contributed by atoms with E-state index in [1.807, 2.05) is 24.3 Å². The van der Waals surface area contributed by atoms with Crippen molar-refractivity contribution in [1.29, 1.82) is 0 Å². The van der Waals surface area contributed by atoms with E-state index in [0.717, 1.165) is 4.68 Å². The Morgan fingerprint density at radius 3 is 2.24 bits per heavy atom. The molecular weight excluding hydrogens is 375 g/mol. The van der Waals surface area contributed by atoms with E-state index in [2.05, 4.69) is 34.8 Å². The van der Waals surface area contributed by atoms with Crippen LogP contribution in [-0.4, -0.2) is 26.8 Å². The van der Waals surface area contributed by atoms with Gasteiger partial charge >= 0.3 is 0 Å². The number of hydrogen-bond donors (Lipinski definition) is 3. The topological polar surface area (TPSA) is 115 Å². The number of halogens is 1. The third-order valence-electron chi connectivity index (χ3n) is 4.25. The molecule has 9 heteroatoms. The zero-order chi connectivity index (χ0) is 21.0. The monoisotopic (exact) mass is 396 g/mol. The van der Waals surface area contributed by atoms with E-state index in [1.54, 1.807) is 0 Å². The molecule has 0 radical (unpaired) electrons. The average molecular weight is 396 g/mol. The fourth-order valence-electron chi connectivity index (χ4n) is 2.61. The van der Waals surface area contributed by atoms with Crippen LogP contribution in [0.5, 0.6) is 0 Å². The van der Waals surface area contributed by atoms with Gasteiger partial charge in [0.15, 0.2) is 11.5 Å². The minimum Gasteiger partial charge on any atom is -0.382 e. The third kappa shape index (κ3) is 4.95. The Balaban J connectivity index is 1.63. The van der Waals surface area contributed by atoms with Gasteiger partial charge in [0.2, 0.25) is 5.91 Å². The van der Waals surface area contributed by atoms with Crippen LogP contribution in [0.2, 0.25) is 0 Å². The van der Waals surface area contributed by atoms with E-state index in [4.69, 9.17) is 5.73 Å². The van der Waals surface area contributed by atoms with E-state index in [0.29, 0.717) is 17.3 Å². The number of anilines is 3. The van der Waals surface area contributed by atoms with Crippen molar-refractivity contribution in [2.75, 3.05) is 16.4 Å². The zero-order valence-corrected chi connectivity index (χ0v) is 16.0. The highest BCUT2D eigenvalue weighted by molar-refractivity contribution is 6.05. The molecule has 0 atom stereocenters. The fourth-order valence-corrected chi connectivity index (χ4v) is 2.61. The number of carbonyl (C=O) groups excluding carboxylic acids is 2. The molecule has 3 rings (SSSR count). The summed E-state index contributed by atoms with van der Waals surface area (Å²) < 4.78 is 14.1. The zero-order valence-electron chi connectivity index (χ0n) is 16.0. The minimum atomic E-state index is -0.606. The number of rotatable bonds is 6. The van der Waals surface area contributed by atoms with E-state index in [1.165, 1.54) is 29.8 Å². The van der Waals surface area contributed by atoms with Crippen molar-refractivity contribution in [2.24, 2.45) is 0 Å². The first kappa shape index (κ1) is 20.0. The molecule has 0 fully saturated rings. The molecule has 0 bridgehead atoms. The average Bonchev–Trinajstić information content (AvgIpc) is 3.04. The van der Waals surface area contributed by atoms with Gasteiger partial charge in [0, 0.05) is 11.4 Å². The molecule has 8 nitrogen and oxygen atoms in total. The molecule has 0 saturated carbocycles. The Hall–Kier alpha value is -3.75. The van der Waals surface area contributed by atoms with Gasteiger partial charge in [-0.1, -0.05) is 31.2 Å².